The number of nitrogens with zero attached hydrogens (tertiary/aromatic N) is 1. The molecule has 2 aromatic rings. The van der Waals surface area contributed by atoms with Gasteiger partial charge in [-0.2, -0.15) is 0 Å². The molecule has 0 unspecified atom stereocenters. The molecule has 2 rings (SSSR count). The zero-order valence-corrected chi connectivity index (χ0v) is 14.3. The van der Waals surface area contributed by atoms with E-state index in [9.17, 15) is 0 Å². The number of aromatic nitrogens is 1. The van der Waals surface area contributed by atoms with Crippen molar-refractivity contribution in [3.63, 3.8) is 0 Å². The summed E-state index contributed by atoms with van der Waals surface area (Å²) in [7, 11) is 0. The fraction of sp³-hybridized carbons (Fsp3) is 0.182. The van der Waals surface area contributed by atoms with Gasteiger partial charge in [0.1, 0.15) is 0 Å². The van der Waals surface area contributed by atoms with Crippen LogP contribution < -0.4 is 5.32 Å². The second kappa shape index (κ2) is 6.43. The molecule has 0 spiro atoms. The van der Waals surface area contributed by atoms with Gasteiger partial charge in [-0.05, 0) is 59.9 Å². The van der Waals surface area contributed by atoms with Crippen molar-refractivity contribution in [3.8, 4) is 0 Å². The highest BCUT2D eigenvalue weighted by atomic mass is 79.9. The van der Waals surface area contributed by atoms with Crippen LogP contribution in [0.5, 0.6) is 0 Å². The largest absolute Gasteiger partial charge is 0.306 e. The van der Waals surface area contributed by atoms with Crippen LogP contribution in [-0.4, -0.2) is 4.98 Å². The molecule has 0 aromatic carbocycles. The first kappa shape index (κ1) is 13.7. The van der Waals surface area contributed by atoms with Crippen molar-refractivity contribution in [1.82, 2.24) is 10.3 Å². The van der Waals surface area contributed by atoms with Gasteiger partial charge in [-0.1, -0.05) is 0 Å². The molecule has 1 N–H and O–H groups in total. The summed E-state index contributed by atoms with van der Waals surface area (Å²) >= 11 is 12.1. The van der Waals surface area contributed by atoms with Crippen molar-refractivity contribution in [1.29, 1.82) is 0 Å². The summed E-state index contributed by atoms with van der Waals surface area (Å²) in [6, 6.07) is 4.13. The van der Waals surface area contributed by atoms with Gasteiger partial charge in [0.25, 0.3) is 0 Å². The molecule has 0 radical (unpaired) electrons. The number of rotatable bonds is 4. The fourth-order valence-electron chi connectivity index (χ4n) is 1.32. The first-order chi connectivity index (χ1) is 8.15. The Morgan fingerprint density at radius 2 is 1.94 bits per heavy atom. The maximum absolute atomic E-state index is 4.35. The van der Waals surface area contributed by atoms with Crippen LogP contribution in [0.1, 0.15) is 10.6 Å². The SMILES string of the molecule is Brc1csc(CNCc2ncc(Br)cc2Br)c1. The number of hydrogen-bond donors (Lipinski definition) is 1. The van der Waals surface area contributed by atoms with E-state index in [1.165, 1.54) is 4.88 Å². The van der Waals surface area contributed by atoms with E-state index in [0.717, 1.165) is 32.2 Å². The highest BCUT2D eigenvalue weighted by molar-refractivity contribution is 9.11. The van der Waals surface area contributed by atoms with Crippen LogP contribution in [0, 0.1) is 0 Å². The minimum atomic E-state index is 0.753. The highest BCUT2D eigenvalue weighted by Gasteiger charge is 2.03. The van der Waals surface area contributed by atoms with E-state index in [-0.39, 0.29) is 0 Å². The monoisotopic (exact) mass is 438 g/mol. The van der Waals surface area contributed by atoms with Crippen molar-refractivity contribution in [3.05, 3.63) is 47.7 Å². The molecule has 0 fully saturated rings. The van der Waals surface area contributed by atoms with E-state index in [1.54, 1.807) is 11.3 Å². The standard InChI is InChI=1S/C11H9Br3N2S/c12-7-2-10(14)11(16-3-7)5-15-4-9-1-8(13)6-17-9/h1-3,6,15H,4-5H2. The van der Waals surface area contributed by atoms with Crippen molar-refractivity contribution in [2.75, 3.05) is 0 Å². The van der Waals surface area contributed by atoms with E-state index in [4.69, 9.17) is 0 Å². The average molecular weight is 441 g/mol. The van der Waals surface area contributed by atoms with Crippen LogP contribution in [0.25, 0.3) is 0 Å². The normalized spacial score (nSPS) is 10.8. The first-order valence-corrected chi connectivity index (χ1v) is 8.14. The van der Waals surface area contributed by atoms with Crippen molar-refractivity contribution < 1.29 is 0 Å². The Morgan fingerprint density at radius 1 is 1.12 bits per heavy atom. The Bertz CT molecular complexity index is 513. The minimum absolute atomic E-state index is 0.753. The lowest BCUT2D eigenvalue weighted by Crippen LogP contribution is -2.13. The predicted molar refractivity (Wildman–Crippen MR) is 82.2 cm³/mol. The molecule has 2 heterocycles. The van der Waals surface area contributed by atoms with Gasteiger partial charge in [0.05, 0.1) is 5.69 Å². The highest BCUT2D eigenvalue weighted by Crippen LogP contribution is 2.21. The molecule has 0 saturated carbocycles. The zero-order chi connectivity index (χ0) is 12.3. The lowest BCUT2D eigenvalue weighted by Gasteiger charge is -2.05. The van der Waals surface area contributed by atoms with Gasteiger partial charge >= 0.3 is 0 Å². The molecule has 17 heavy (non-hydrogen) atoms. The van der Waals surface area contributed by atoms with Gasteiger partial charge in [-0.25, -0.2) is 0 Å². The van der Waals surface area contributed by atoms with Crippen molar-refractivity contribution >= 4 is 59.1 Å². The summed E-state index contributed by atoms with van der Waals surface area (Å²) in [6.45, 7) is 1.61. The maximum Gasteiger partial charge on any atom is 0.0684 e. The molecule has 2 nitrogen and oxygen atoms in total. The molecule has 6 heteroatoms. The zero-order valence-electron chi connectivity index (χ0n) is 8.71. The van der Waals surface area contributed by atoms with Crippen LogP contribution >= 0.6 is 59.1 Å². The lowest BCUT2D eigenvalue weighted by molar-refractivity contribution is 0.683. The summed E-state index contributed by atoms with van der Waals surface area (Å²) in [4.78, 5) is 5.66. The molecule has 0 aliphatic rings. The van der Waals surface area contributed by atoms with Crippen LogP contribution in [-0.2, 0) is 13.1 Å². The van der Waals surface area contributed by atoms with E-state index < -0.39 is 0 Å². The third-order valence-corrected chi connectivity index (χ3v) is 4.92. The smallest absolute Gasteiger partial charge is 0.0684 e. The molecular weight excluding hydrogens is 432 g/mol. The molecule has 0 bridgehead atoms. The van der Waals surface area contributed by atoms with E-state index >= 15 is 0 Å². The van der Waals surface area contributed by atoms with Crippen LogP contribution in [0.15, 0.2) is 37.1 Å². The van der Waals surface area contributed by atoms with Crippen LogP contribution in [0.3, 0.4) is 0 Å². The Kier molecular flexibility index (Phi) is 5.17. The van der Waals surface area contributed by atoms with Gasteiger partial charge in [-0.15, -0.1) is 11.3 Å². The summed E-state index contributed by atoms with van der Waals surface area (Å²) in [5, 5.41) is 5.46. The Hall–Kier alpha value is 0.250. The number of hydrogen-bond acceptors (Lipinski definition) is 3. The lowest BCUT2D eigenvalue weighted by atomic mass is 10.3. The molecular formula is C11H9Br3N2S. The fourth-order valence-corrected chi connectivity index (χ4v) is 3.87. The van der Waals surface area contributed by atoms with Crippen LogP contribution in [0.2, 0.25) is 0 Å². The number of nitrogens with one attached hydrogen (secondary N) is 1. The number of halogens is 3. The average Bonchev–Trinajstić information content (AvgIpc) is 2.68. The topological polar surface area (TPSA) is 24.9 Å². The third kappa shape index (κ3) is 4.13. The summed E-state index contributed by atoms with van der Waals surface area (Å²) < 4.78 is 3.14. The summed E-state index contributed by atoms with van der Waals surface area (Å²) in [6.07, 6.45) is 1.81. The van der Waals surface area contributed by atoms with Gasteiger partial charge in [0, 0.05) is 43.0 Å². The molecule has 0 amide bonds. The molecule has 90 valence electrons. The van der Waals surface area contributed by atoms with E-state index in [1.807, 2.05) is 12.3 Å². The molecule has 0 saturated heterocycles. The van der Waals surface area contributed by atoms with E-state index in [0.29, 0.717) is 0 Å². The predicted octanol–water partition coefficient (Wildman–Crippen LogP) is 4.72. The molecule has 0 aliphatic heterocycles. The quantitative estimate of drug-likeness (QED) is 0.744. The number of thiophene rings is 1. The first-order valence-electron chi connectivity index (χ1n) is 4.88. The maximum atomic E-state index is 4.35. The second-order valence-electron chi connectivity index (χ2n) is 3.42. The van der Waals surface area contributed by atoms with Crippen molar-refractivity contribution in [2.45, 2.75) is 13.1 Å². The Labute approximate surface area is 129 Å². The summed E-state index contributed by atoms with van der Waals surface area (Å²) in [5.74, 6) is 0. The molecule has 0 atom stereocenters. The van der Waals surface area contributed by atoms with Gasteiger partial charge in [0.15, 0.2) is 0 Å². The molecule has 0 aliphatic carbocycles. The van der Waals surface area contributed by atoms with Gasteiger partial charge < -0.3 is 5.32 Å². The van der Waals surface area contributed by atoms with Crippen molar-refractivity contribution in [2.24, 2.45) is 0 Å². The van der Waals surface area contributed by atoms with E-state index in [2.05, 4.69) is 69.5 Å². The number of pyridine rings is 1. The van der Waals surface area contributed by atoms with Crippen LogP contribution in [0.4, 0.5) is 0 Å². The Morgan fingerprint density at radius 3 is 2.59 bits per heavy atom. The Balaban J connectivity index is 1.90. The second-order valence-corrected chi connectivity index (χ2v) is 7.10. The third-order valence-electron chi connectivity index (χ3n) is 2.10. The molecule has 2 aromatic heterocycles. The van der Waals surface area contributed by atoms with Gasteiger partial charge in [-0.3, -0.25) is 4.98 Å². The van der Waals surface area contributed by atoms with Gasteiger partial charge in [0.2, 0.25) is 0 Å². The summed E-state index contributed by atoms with van der Waals surface area (Å²) in [5.41, 5.74) is 1.02. The minimum Gasteiger partial charge on any atom is -0.306 e.